The largest absolute Gasteiger partial charge is 0.408 e. The van der Waals surface area contributed by atoms with Crippen LogP contribution in [-0.4, -0.2) is 12.6 Å². The molecule has 5 aromatic rings. The highest BCUT2D eigenvalue weighted by Gasteiger charge is 2.36. The van der Waals surface area contributed by atoms with Crippen molar-refractivity contribution in [3.63, 3.8) is 0 Å². The molecule has 0 spiro atoms. The molecule has 2 heterocycles. The number of piperidine rings is 1. The van der Waals surface area contributed by atoms with Crippen LogP contribution in [0.2, 0.25) is 0 Å². The Morgan fingerprint density at radius 3 is 1.88 bits per heavy atom. The zero-order valence-corrected chi connectivity index (χ0v) is 19.6. The van der Waals surface area contributed by atoms with E-state index in [1.54, 1.807) is 0 Å². The lowest BCUT2D eigenvalue weighted by molar-refractivity contribution is 0.249. The lowest BCUT2D eigenvalue weighted by Crippen LogP contribution is -2.45. The van der Waals surface area contributed by atoms with E-state index in [1.165, 1.54) is 70.8 Å². The Balaban J connectivity index is 1.60. The predicted octanol–water partition coefficient (Wildman–Crippen LogP) is 8.89. The summed E-state index contributed by atoms with van der Waals surface area (Å²) in [5.74, 6) is 0.789. The van der Waals surface area contributed by atoms with E-state index in [1.807, 2.05) is 0 Å². The smallest absolute Gasteiger partial charge is 0.309 e. The number of nitrogens with zero attached hydrogens (tertiary/aromatic N) is 1. The zero-order chi connectivity index (χ0) is 21.8. The van der Waals surface area contributed by atoms with Crippen LogP contribution in [0, 0.1) is 5.92 Å². The average Bonchev–Trinajstić information content (AvgIpc) is 3.05. The number of hydrogen-bond acceptors (Lipinski definition) is 3. The van der Waals surface area contributed by atoms with Crippen LogP contribution in [0.25, 0.3) is 43.5 Å². The fourth-order valence-electron chi connectivity index (χ4n) is 6.26. The summed E-state index contributed by atoms with van der Waals surface area (Å²) >= 11 is 0. The van der Waals surface area contributed by atoms with Gasteiger partial charge in [0.05, 0.1) is 0 Å². The van der Waals surface area contributed by atoms with Crippen LogP contribution >= 0.6 is 8.16 Å². The standard InChI is InChI=1S/C29H28NO2P/c1-4-12-23-20(8-1)15-17-26-28(23)29-24-13-5-2-9-21(24)16-18-27(29)32-33(31-26)30-19-7-11-22-10-3-6-14-25(22)30/h1-2,4-5,8-9,12-13,15-18,22,25H,3,6-7,10-11,14,19H2/t22-,25+/m0/s1. The van der Waals surface area contributed by atoms with Gasteiger partial charge in [-0.15, -0.1) is 0 Å². The molecule has 1 saturated carbocycles. The maximum Gasteiger partial charge on any atom is 0.309 e. The van der Waals surface area contributed by atoms with Crippen molar-refractivity contribution >= 4 is 51.6 Å². The third-order valence-electron chi connectivity index (χ3n) is 7.81. The second-order valence-electron chi connectivity index (χ2n) is 9.66. The van der Waals surface area contributed by atoms with Crippen LogP contribution in [0.3, 0.4) is 0 Å². The third-order valence-corrected chi connectivity index (χ3v) is 9.43. The number of rotatable bonds is 1. The summed E-state index contributed by atoms with van der Waals surface area (Å²) in [4.78, 5) is 0. The Morgan fingerprint density at radius 1 is 0.636 bits per heavy atom. The molecule has 1 aromatic heterocycles. The van der Waals surface area contributed by atoms with Gasteiger partial charge in [0, 0.05) is 23.4 Å². The molecule has 0 radical (unpaired) electrons. The van der Waals surface area contributed by atoms with Crippen LogP contribution in [0.5, 0.6) is 0 Å². The molecule has 2 fully saturated rings. The Bertz CT molecular complexity index is 1440. The molecule has 4 heteroatoms. The molecule has 1 aliphatic carbocycles. The molecular formula is C29H28NO2P. The van der Waals surface area contributed by atoms with Crippen molar-refractivity contribution in [2.45, 2.75) is 44.6 Å². The second kappa shape index (κ2) is 7.94. The molecule has 0 unspecified atom stereocenters. The van der Waals surface area contributed by atoms with Gasteiger partial charge >= 0.3 is 8.16 Å². The van der Waals surface area contributed by atoms with Crippen molar-refractivity contribution in [3.05, 3.63) is 72.8 Å². The monoisotopic (exact) mass is 453 g/mol. The van der Waals surface area contributed by atoms with Crippen molar-refractivity contribution in [1.29, 1.82) is 0 Å². The van der Waals surface area contributed by atoms with E-state index in [2.05, 4.69) is 77.5 Å². The zero-order valence-electron chi connectivity index (χ0n) is 18.7. The first-order valence-corrected chi connectivity index (χ1v) is 13.5. The van der Waals surface area contributed by atoms with E-state index in [0.29, 0.717) is 6.04 Å². The van der Waals surface area contributed by atoms with Gasteiger partial charge in [-0.25, -0.2) is 0 Å². The SMILES string of the molecule is c1ccc2c(c1)ccc1op(N3CCC[C@@H]4CCCC[C@H]43)oc3ccc4ccccc4c3c12. The first-order chi connectivity index (χ1) is 16.4. The van der Waals surface area contributed by atoms with E-state index in [-0.39, 0.29) is 0 Å². The van der Waals surface area contributed by atoms with E-state index in [9.17, 15) is 0 Å². The van der Waals surface area contributed by atoms with Gasteiger partial charge in [0.1, 0.15) is 11.2 Å². The highest BCUT2D eigenvalue weighted by Crippen LogP contribution is 2.46. The van der Waals surface area contributed by atoms with Gasteiger partial charge in [-0.1, -0.05) is 73.5 Å². The summed E-state index contributed by atoms with van der Waals surface area (Å²) in [5.41, 5.74) is 1.90. The molecule has 2 atom stereocenters. The fourth-order valence-corrected chi connectivity index (χ4v) is 8.00. The quantitative estimate of drug-likeness (QED) is 0.254. The van der Waals surface area contributed by atoms with E-state index >= 15 is 0 Å². The van der Waals surface area contributed by atoms with E-state index in [0.717, 1.165) is 23.6 Å². The highest BCUT2D eigenvalue weighted by molar-refractivity contribution is 7.39. The van der Waals surface area contributed by atoms with Crippen molar-refractivity contribution in [3.8, 4) is 0 Å². The summed E-state index contributed by atoms with van der Waals surface area (Å²) in [5, 5.41) is 7.25. The van der Waals surface area contributed by atoms with Gasteiger partial charge in [0.25, 0.3) is 0 Å². The minimum absolute atomic E-state index is 0.588. The van der Waals surface area contributed by atoms with Gasteiger partial charge < -0.3 is 8.39 Å². The molecular weight excluding hydrogens is 425 g/mol. The molecule has 1 saturated heterocycles. The third kappa shape index (κ3) is 3.21. The van der Waals surface area contributed by atoms with E-state index in [4.69, 9.17) is 8.39 Å². The van der Waals surface area contributed by atoms with Gasteiger partial charge in [0.2, 0.25) is 0 Å². The summed E-state index contributed by atoms with van der Waals surface area (Å²) < 4.78 is 16.3. The van der Waals surface area contributed by atoms with Gasteiger partial charge in [0.15, 0.2) is 0 Å². The molecule has 7 rings (SSSR count). The van der Waals surface area contributed by atoms with Crippen LogP contribution in [0.4, 0.5) is 0 Å². The topological polar surface area (TPSA) is 29.5 Å². The van der Waals surface area contributed by atoms with Crippen molar-refractivity contribution in [1.82, 2.24) is 0 Å². The molecule has 33 heavy (non-hydrogen) atoms. The van der Waals surface area contributed by atoms with E-state index < -0.39 is 8.16 Å². The summed E-state index contributed by atoms with van der Waals surface area (Å²) in [6, 6.07) is 26.6. The molecule has 166 valence electrons. The number of benzene rings is 4. The summed E-state index contributed by atoms with van der Waals surface area (Å²) in [7, 11) is -1.21. The molecule has 0 N–H and O–H groups in total. The molecule has 0 amide bonds. The predicted molar refractivity (Wildman–Crippen MR) is 139 cm³/mol. The normalized spacial score (nSPS) is 21.6. The number of fused-ring (bicyclic) bond motifs is 8. The maximum absolute atomic E-state index is 6.85. The van der Waals surface area contributed by atoms with Crippen LogP contribution in [0.1, 0.15) is 38.5 Å². The first-order valence-electron chi connectivity index (χ1n) is 12.3. The summed E-state index contributed by atoms with van der Waals surface area (Å²) in [6.45, 7) is 1.07. The Kier molecular flexibility index (Phi) is 4.74. The Morgan fingerprint density at radius 2 is 1.21 bits per heavy atom. The molecule has 0 bridgehead atoms. The molecule has 4 aromatic carbocycles. The lowest BCUT2D eigenvalue weighted by atomic mass is 9.79. The van der Waals surface area contributed by atoms with Crippen molar-refractivity contribution in [2.75, 3.05) is 11.2 Å². The summed E-state index contributed by atoms with van der Waals surface area (Å²) in [6.07, 6.45) is 7.91. The molecule has 3 nitrogen and oxygen atoms in total. The van der Waals surface area contributed by atoms with Gasteiger partial charge in [-0.2, -0.15) is 4.67 Å². The second-order valence-corrected chi connectivity index (χ2v) is 11.0. The maximum atomic E-state index is 6.85. The van der Waals surface area contributed by atoms with Crippen LogP contribution < -0.4 is 4.67 Å². The molecule has 2 aliphatic rings. The highest BCUT2D eigenvalue weighted by atomic mass is 31.1. The fraction of sp³-hybridized carbons (Fsp3) is 0.310. The Labute approximate surface area is 194 Å². The number of hydrogen-bond donors (Lipinski definition) is 0. The average molecular weight is 454 g/mol. The lowest BCUT2D eigenvalue weighted by Gasteiger charge is -2.41. The molecule has 1 aliphatic heterocycles. The van der Waals surface area contributed by atoms with Crippen LogP contribution in [-0.2, 0) is 0 Å². The van der Waals surface area contributed by atoms with Crippen LogP contribution in [0.15, 0.2) is 81.2 Å². The minimum Gasteiger partial charge on any atom is -0.408 e. The first kappa shape index (κ1) is 19.7. The van der Waals surface area contributed by atoms with Crippen molar-refractivity contribution < 1.29 is 8.39 Å². The van der Waals surface area contributed by atoms with Gasteiger partial charge in [-0.3, -0.25) is 0 Å². The van der Waals surface area contributed by atoms with Gasteiger partial charge in [-0.05, 0) is 65.3 Å². The Hall–Kier alpha value is -2.74. The minimum atomic E-state index is -1.21. The van der Waals surface area contributed by atoms with Crippen molar-refractivity contribution in [2.24, 2.45) is 5.92 Å².